The number of hydrogen-bond donors (Lipinski definition) is 1. The fraction of sp³-hybridized carbons (Fsp3) is 0.286. The largest absolute Gasteiger partial charge is 0.451 e. The highest BCUT2D eigenvalue weighted by Gasteiger charge is 2.17. The van der Waals surface area contributed by atoms with Gasteiger partial charge in [0.05, 0.1) is 5.69 Å². The molecule has 0 aliphatic rings. The molecule has 7 heteroatoms. The average molecular weight is 305 g/mol. The maximum atomic E-state index is 11.8. The number of nitrogens with one attached hydrogen (secondary N) is 1. The molecule has 1 N–H and O–H groups in total. The Morgan fingerprint density at radius 1 is 1.29 bits per heavy atom. The molecule has 0 saturated heterocycles. The molecule has 0 bridgehead atoms. The number of rotatable bonds is 6. The first-order chi connectivity index (χ1) is 10.2. The number of aromatic nitrogens is 2. The van der Waals surface area contributed by atoms with Crippen LogP contribution in [0.5, 0.6) is 0 Å². The number of benzene rings is 1. The first-order valence-corrected chi connectivity index (χ1v) is 7.27. The van der Waals surface area contributed by atoms with E-state index in [9.17, 15) is 9.59 Å². The highest BCUT2D eigenvalue weighted by atomic mass is 32.1. The van der Waals surface area contributed by atoms with Crippen molar-refractivity contribution < 1.29 is 14.3 Å². The lowest BCUT2D eigenvalue weighted by Gasteiger charge is -2.06. The summed E-state index contributed by atoms with van der Waals surface area (Å²) in [7, 11) is 0. The minimum Gasteiger partial charge on any atom is -0.451 e. The van der Waals surface area contributed by atoms with Crippen LogP contribution in [-0.4, -0.2) is 28.1 Å². The van der Waals surface area contributed by atoms with Gasteiger partial charge < -0.3 is 10.1 Å². The second kappa shape index (κ2) is 7.49. The Bertz CT molecular complexity index is 613. The van der Waals surface area contributed by atoms with E-state index in [0.29, 0.717) is 23.5 Å². The summed E-state index contributed by atoms with van der Waals surface area (Å²) < 4.78 is 8.67. The van der Waals surface area contributed by atoms with Crippen LogP contribution in [0.1, 0.15) is 27.9 Å². The van der Waals surface area contributed by atoms with Crippen molar-refractivity contribution in [1.82, 2.24) is 14.9 Å². The van der Waals surface area contributed by atoms with Crippen LogP contribution in [0.4, 0.5) is 0 Å². The van der Waals surface area contributed by atoms with Gasteiger partial charge in [-0.05, 0) is 23.5 Å². The Hall–Kier alpha value is -2.28. The zero-order valence-electron chi connectivity index (χ0n) is 11.5. The van der Waals surface area contributed by atoms with Gasteiger partial charge in [-0.2, -0.15) is 0 Å². The summed E-state index contributed by atoms with van der Waals surface area (Å²) in [5, 5.41) is 6.51. The molecule has 1 amide bonds. The molecule has 1 heterocycles. The van der Waals surface area contributed by atoms with E-state index < -0.39 is 5.97 Å². The van der Waals surface area contributed by atoms with Gasteiger partial charge in [-0.15, -0.1) is 5.10 Å². The van der Waals surface area contributed by atoms with Gasteiger partial charge in [0.2, 0.25) is 0 Å². The first-order valence-electron chi connectivity index (χ1n) is 6.49. The molecule has 110 valence electrons. The molecule has 2 rings (SSSR count). The summed E-state index contributed by atoms with van der Waals surface area (Å²) >= 11 is 0.977. The summed E-state index contributed by atoms with van der Waals surface area (Å²) in [4.78, 5) is 23.8. The Balaban J connectivity index is 1.77. The van der Waals surface area contributed by atoms with Crippen molar-refractivity contribution in [3.05, 3.63) is 46.5 Å². The molecule has 0 spiro atoms. The third-order valence-electron chi connectivity index (χ3n) is 2.74. The number of aryl methyl sites for hydroxylation is 1. The van der Waals surface area contributed by atoms with E-state index in [-0.39, 0.29) is 12.5 Å². The lowest BCUT2D eigenvalue weighted by molar-refractivity contribution is -0.124. The van der Waals surface area contributed by atoms with Crippen LogP contribution in [0.15, 0.2) is 30.3 Å². The number of carbonyl (C=O) groups excluding carboxylic acids is 2. The number of esters is 1. The predicted molar refractivity (Wildman–Crippen MR) is 77.9 cm³/mol. The van der Waals surface area contributed by atoms with Gasteiger partial charge >= 0.3 is 5.97 Å². The Labute approximate surface area is 126 Å². The number of nitrogens with zero attached hydrogens (tertiary/aromatic N) is 2. The van der Waals surface area contributed by atoms with Crippen molar-refractivity contribution in [3.8, 4) is 0 Å². The molecular formula is C14H15N3O3S. The molecule has 0 radical (unpaired) electrons. The molecule has 0 atom stereocenters. The van der Waals surface area contributed by atoms with Crippen LogP contribution in [-0.2, 0) is 22.5 Å². The summed E-state index contributed by atoms with van der Waals surface area (Å²) in [6.45, 7) is 1.96. The maximum Gasteiger partial charge on any atom is 0.352 e. The van der Waals surface area contributed by atoms with E-state index in [4.69, 9.17) is 4.74 Å². The molecule has 0 fully saturated rings. The van der Waals surface area contributed by atoms with E-state index in [1.165, 1.54) is 0 Å². The number of hydrogen-bond acceptors (Lipinski definition) is 6. The molecule has 1 aromatic carbocycles. The van der Waals surface area contributed by atoms with Crippen LogP contribution < -0.4 is 5.32 Å². The van der Waals surface area contributed by atoms with E-state index in [1.54, 1.807) is 0 Å². The van der Waals surface area contributed by atoms with Crippen LogP contribution >= 0.6 is 11.5 Å². The maximum absolute atomic E-state index is 11.8. The highest BCUT2D eigenvalue weighted by molar-refractivity contribution is 7.07. The zero-order valence-corrected chi connectivity index (χ0v) is 12.4. The molecule has 0 unspecified atom stereocenters. The smallest absolute Gasteiger partial charge is 0.352 e. The summed E-state index contributed by atoms with van der Waals surface area (Å²) in [5.74, 6) is -0.903. The third kappa shape index (κ3) is 4.35. The van der Waals surface area contributed by atoms with Crippen molar-refractivity contribution in [2.24, 2.45) is 0 Å². The van der Waals surface area contributed by atoms with E-state index in [2.05, 4.69) is 14.9 Å². The molecule has 0 saturated carbocycles. The van der Waals surface area contributed by atoms with Crippen molar-refractivity contribution in [2.45, 2.75) is 19.9 Å². The molecule has 6 nitrogen and oxygen atoms in total. The molecule has 2 aromatic rings. The van der Waals surface area contributed by atoms with Gasteiger partial charge in [-0.1, -0.05) is 41.7 Å². The van der Waals surface area contributed by atoms with Gasteiger partial charge in [0, 0.05) is 6.54 Å². The van der Waals surface area contributed by atoms with Gasteiger partial charge in [-0.25, -0.2) is 4.79 Å². The quantitative estimate of drug-likeness (QED) is 0.819. The number of carbonyl (C=O) groups is 2. The predicted octanol–water partition coefficient (Wildman–Crippen LogP) is 1.57. The van der Waals surface area contributed by atoms with E-state index in [0.717, 1.165) is 17.1 Å². The monoisotopic (exact) mass is 305 g/mol. The Morgan fingerprint density at radius 2 is 2.05 bits per heavy atom. The lowest BCUT2D eigenvalue weighted by atomic mass is 10.2. The zero-order chi connectivity index (χ0) is 15.1. The van der Waals surface area contributed by atoms with Crippen LogP contribution in [0, 0.1) is 0 Å². The van der Waals surface area contributed by atoms with E-state index in [1.807, 2.05) is 37.3 Å². The molecular weight excluding hydrogens is 290 g/mol. The fourth-order valence-electron chi connectivity index (χ4n) is 1.64. The lowest BCUT2D eigenvalue weighted by Crippen LogP contribution is -2.28. The van der Waals surface area contributed by atoms with Crippen molar-refractivity contribution in [1.29, 1.82) is 0 Å². The van der Waals surface area contributed by atoms with Crippen molar-refractivity contribution in [3.63, 3.8) is 0 Å². The Morgan fingerprint density at radius 3 is 2.76 bits per heavy atom. The average Bonchev–Trinajstić information content (AvgIpc) is 3.00. The van der Waals surface area contributed by atoms with Gasteiger partial charge in [0.1, 0.15) is 0 Å². The van der Waals surface area contributed by atoms with Crippen LogP contribution in [0.3, 0.4) is 0 Å². The molecule has 0 aliphatic carbocycles. The third-order valence-corrected chi connectivity index (χ3v) is 3.49. The second-order valence-corrected chi connectivity index (χ2v) is 4.99. The van der Waals surface area contributed by atoms with Gasteiger partial charge in [0.15, 0.2) is 11.5 Å². The number of amides is 1. The molecule has 0 aliphatic heterocycles. The standard InChI is InChI=1S/C14H15N3O3S/c1-2-11-13(21-17-16-11)14(19)20-9-12(18)15-8-10-6-4-3-5-7-10/h3-7H,2,8-9H2,1H3,(H,15,18). The Kier molecular flexibility index (Phi) is 5.39. The van der Waals surface area contributed by atoms with Gasteiger partial charge in [0.25, 0.3) is 5.91 Å². The normalized spacial score (nSPS) is 10.1. The SMILES string of the molecule is CCc1nnsc1C(=O)OCC(=O)NCc1ccccc1. The highest BCUT2D eigenvalue weighted by Crippen LogP contribution is 2.12. The minimum atomic E-state index is -0.559. The molecule has 1 aromatic heterocycles. The van der Waals surface area contributed by atoms with E-state index >= 15 is 0 Å². The van der Waals surface area contributed by atoms with Crippen LogP contribution in [0.25, 0.3) is 0 Å². The van der Waals surface area contributed by atoms with Crippen molar-refractivity contribution in [2.75, 3.05) is 6.61 Å². The van der Waals surface area contributed by atoms with Gasteiger partial charge in [-0.3, -0.25) is 4.79 Å². The summed E-state index contributed by atoms with van der Waals surface area (Å²) in [6.07, 6.45) is 0.598. The van der Waals surface area contributed by atoms with Crippen molar-refractivity contribution >= 4 is 23.4 Å². The first kappa shape index (κ1) is 15.1. The topological polar surface area (TPSA) is 81.2 Å². The number of ether oxygens (including phenoxy) is 1. The molecule has 21 heavy (non-hydrogen) atoms. The minimum absolute atomic E-state index is 0.313. The fourth-order valence-corrected chi connectivity index (χ4v) is 2.28. The summed E-state index contributed by atoms with van der Waals surface area (Å²) in [5.41, 5.74) is 1.58. The summed E-state index contributed by atoms with van der Waals surface area (Å²) in [6, 6.07) is 9.50. The van der Waals surface area contributed by atoms with Crippen LogP contribution in [0.2, 0.25) is 0 Å². The second-order valence-electron chi connectivity index (χ2n) is 4.24.